The van der Waals surface area contributed by atoms with E-state index in [9.17, 15) is 19.1 Å². The third-order valence-electron chi connectivity index (χ3n) is 6.82. The molecule has 0 spiro atoms. The summed E-state index contributed by atoms with van der Waals surface area (Å²) < 4.78 is 31.0. The van der Waals surface area contributed by atoms with Crippen molar-refractivity contribution in [1.82, 2.24) is 5.32 Å². The molecule has 5 rings (SSSR count). The van der Waals surface area contributed by atoms with E-state index in [1.807, 2.05) is 0 Å². The molecule has 8 nitrogen and oxygen atoms in total. The lowest BCUT2D eigenvalue weighted by Crippen LogP contribution is -2.46. The number of anilines is 1. The maximum Gasteiger partial charge on any atom is 0.259 e. The van der Waals surface area contributed by atoms with Crippen LogP contribution in [0.2, 0.25) is 0 Å². The van der Waals surface area contributed by atoms with E-state index < -0.39 is 23.7 Å². The molecule has 1 aliphatic carbocycles. The number of hydrogen-bond donors (Lipinski definition) is 2. The molecule has 3 aromatic carbocycles. The molecular weight excluding hydrogens is 491 g/mol. The molecule has 0 unspecified atom stereocenters. The number of aromatic hydroxyl groups is 1. The number of ether oxygens (including phenoxy) is 3. The maximum absolute atomic E-state index is 14.5. The Kier molecular flexibility index (Phi) is 7.35. The molecule has 2 N–H and O–H groups in total. The second kappa shape index (κ2) is 11.0. The van der Waals surface area contributed by atoms with E-state index in [4.69, 9.17) is 14.2 Å². The molecule has 38 heavy (non-hydrogen) atoms. The summed E-state index contributed by atoms with van der Waals surface area (Å²) in [6.45, 7) is 0.750. The van der Waals surface area contributed by atoms with Crippen molar-refractivity contribution in [2.24, 2.45) is 0 Å². The van der Waals surface area contributed by atoms with Crippen LogP contribution in [0, 0.1) is 5.82 Å². The highest BCUT2D eigenvalue weighted by Gasteiger charge is 2.36. The largest absolute Gasteiger partial charge is 0.504 e. The number of carbonyl (C=O) groups excluding carboxylic acids is 2. The van der Waals surface area contributed by atoms with E-state index in [0.29, 0.717) is 30.3 Å². The fourth-order valence-electron chi connectivity index (χ4n) is 4.96. The number of fused-ring (bicyclic) bond motifs is 1. The molecule has 1 aliphatic heterocycles. The van der Waals surface area contributed by atoms with Gasteiger partial charge in [0.25, 0.3) is 5.91 Å². The van der Waals surface area contributed by atoms with Crippen LogP contribution in [0.5, 0.6) is 23.0 Å². The SMILES string of the molecule is COc1cc([C@@H](C(=O)NC2CCCC2)N(C(=O)c2ccc3c(c2)OCCO3)c2cccc(F)c2)ccc1O. The fourth-order valence-corrected chi connectivity index (χ4v) is 4.96. The zero-order chi connectivity index (χ0) is 26.6. The van der Waals surface area contributed by atoms with Gasteiger partial charge in [-0.3, -0.25) is 14.5 Å². The number of phenolic OH excluding ortho intramolecular Hbond substituents is 1. The van der Waals surface area contributed by atoms with Crippen molar-refractivity contribution in [3.8, 4) is 23.0 Å². The molecule has 0 aromatic heterocycles. The fraction of sp³-hybridized carbons (Fsp3) is 0.310. The Hall–Kier alpha value is -4.27. The highest BCUT2D eigenvalue weighted by Crippen LogP contribution is 2.37. The van der Waals surface area contributed by atoms with Gasteiger partial charge in [-0.2, -0.15) is 0 Å². The lowest BCUT2D eigenvalue weighted by molar-refractivity contribution is -0.123. The molecule has 0 radical (unpaired) electrons. The summed E-state index contributed by atoms with van der Waals surface area (Å²) >= 11 is 0. The Morgan fingerprint density at radius 3 is 2.53 bits per heavy atom. The van der Waals surface area contributed by atoms with Crippen molar-refractivity contribution >= 4 is 17.5 Å². The smallest absolute Gasteiger partial charge is 0.259 e. The Bertz CT molecular complexity index is 1340. The van der Waals surface area contributed by atoms with E-state index in [2.05, 4.69) is 5.32 Å². The predicted octanol–water partition coefficient (Wildman–Crippen LogP) is 4.76. The number of amides is 2. The molecule has 1 saturated carbocycles. The van der Waals surface area contributed by atoms with Gasteiger partial charge in [-0.15, -0.1) is 0 Å². The van der Waals surface area contributed by atoms with Gasteiger partial charge in [0.1, 0.15) is 25.1 Å². The number of carbonyl (C=O) groups is 2. The quantitative estimate of drug-likeness (QED) is 0.466. The Morgan fingerprint density at radius 1 is 1.03 bits per heavy atom. The molecule has 3 aromatic rings. The van der Waals surface area contributed by atoms with E-state index in [1.54, 1.807) is 30.3 Å². The Morgan fingerprint density at radius 2 is 1.79 bits per heavy atom. The first-order valence-electron chi connectivity index (χ1n) is 12.6. The van der Waals surface area contributed by atoms with Gasteiger partial charge in [-0.05, 0) is 66.9 Å². The van der Waals surface area contributed by atoms with Crippen LogP contribution in [0.3, 0.4) is 0 Å². The molecule has 1 heterocycles. The molecule has 198 valence electrons. The number of nitrogens with zero attached hydrogens (tertiary/aromatic N) is 1. The van der Waals surface area contributed by atoms with Crippen LogP contribution in [0.1, 0.15) is 47.6 Å². The number of nitrogens with one attached hydrogen (secondary N) is 1. The number of halogens is 1. The molecule has 1 atom stereocenters. The highest BCUT2D eigenvalue weighted by molar-refractivity contribution is 6.10. The second-order valence-electron chi connectivity index (χ2n) is 9.34. The molecule has 1 fully saturated rings. The van der Waals surface area contributed by atoms with Gasteiger partial charge in [0.2, 0.25) is 5.91 Å². The van der Waals surface area contributed by atoms with Crippen LogP contribution < -0.4 is 24.4 Å². The molecule has 2 amide bonds. The third-order valence-corrected chi connectivity index (χ3v) is 6.82. The monoisotopic (exact) mass is 520 g/mol. The van der Waals surface area contributed by atoms with Crippen molar-refractivity contribution in [2.45, 2.75) is 37.8 Å². The number of benzene rings is 3. The first-order chi connectivity index (χ1) is 18.4. The summed E-state index contributed by atoms with van der Waals surface area (Å²) in [5.41, 5.74) is 0.830. The van der Waals surface area contributed by atoms with Gasteiger partial charge in [0.05, 0.1) is 7.11 Å². The van der Waals surface area contributed by atoms with Crippen molar-refractivity contribution in [3.05, 3.63) is 77.6 Å². The van der Waals surface area contributed by atoms with Gasteiger partial charge >= 0.3 is 0 Å². The first-order valence-corrected chi connectivity index (χ1v) is 12.6. The van der Waals surface area contributed by atoms with Crippen LogP contribution in [0.25, 0.3) is 0 Å². The molecule has 2 aliphatic rings. The first kappa shape index (κ1) is 25.4. The zero-order valence-corrected chi connectivity index (χ0v) is 21.0. The molecular formula is C29H29FN2O6. The standard InChI is InChI=1S/C29H29FN2O6/c1-36-25-15-18(9-11-23(25)33)27(28(34)31-21-6-2-3-7-21)32(22-8-4-5-20(30)17-22)29(35)19-10-12-24-26(16-19)38-14-13-37-24/h4-5,8-12,15-17,21,27,33H,2-3,6-7,13-14H2,1H3,(H,31,34)/t27-/m0/s1. The van der Waals surface area contributed by atoms with Gasteiger partial charge in [-0.25, -0.2) is 4.39 Å². The van der Waals surface area contributed by atoms with E-state index >= 15 is 0 Å². The molecule has 0 saturated heterocycles. The summed E-state index contributed by atoms with van der Waals surface area (Å²) in [5.74, 6) is -0.538. The number of rotatable bonds is 7. The average molecular weight is 521 g/mol. The normalized spacial score (nSPS) is 15.5. The van der Waals surface area contributed by atoms with Crippen LogP contribution in [0.4, 0.5) is 10.1 Å². The minimum Gasteiger partial charge on any atom is -0.504 e. The van der Waals surface area contributed by atoms with Gasteiger partial charge in [0.15, 0.2) is 23.0 Å². The van der Waals surface area contributed by atoms with Crippen molar-refractivity contribution in [2.75, 3.05) is 25.2 Å². The topological polar surface area (TPSA) is 97.3 Å². The Labute approximate surface area is 219 Å². The summed E-state index contributed by atoms with van der Waals surface area (Å²) in [6, 6.07) is 13.6. The minimum atomic E-state index is -1.19. The third kappa shape index (κ3) is 5.22. The van der Waals surface area contributed by atoms with Crippen LogP contribution in [-0.2, 0) is 4.79 Å². The summed E-state index contributed by atoms with van der Waals surface area (Å²) in [4.78, 5) is 29.3. The average Bonchev–Trinajstić information content (AvgIpc) is 3.44. The van der Waals surface area contributed by atoms with E-state index in [0.717, 1.165) is 25.7 Å². The summed E-state index contributed by atoms with van der Waals surface area (Å²) in [5, 5.41) is 13.3. The molecule has 9 heteroatoms. The lowest BCUT2D eigenvalue weighted by Gasteiger charge is -2.33. The van der Waals surface area contributed by atoms with Gasteiger partial charge in [0, 0.05) is 17.3 Å². The number of methoxy groups -OCH3 is 1. The number of phenols is 1. The van der Waals surface area contributed by atoms with Crippen molar-refractivity contribution in [3.63, 3.8) is 0 Å². The van der Waals surface area contributed by atoms with Gasteiger partial charge in [-0.1, -0.05) is 25.0 Å². The summed E-state index contributed by atoms with van der Waals surface area (Å²) in [6.07, 6.45) is 3.69. The second-order valence-corrected chi connectivity index (χ2v) is 9.34. The lowest BCUT2D eigenvalue weighted by atomic mass is 10.00. The summed E-state index contributed by atoms with van der Waals surface area (Å²) in [7, 11) is 1.40. The zero-order valence-electron chi connectivity index (χ0n) is 21.0. The van der Waals surface area contributed by atoms with Crippen LogP contribution >= 0.6 is 0 Å². The predicted molar refractivity (Wildman–Crippen MR) is 138 cm³/mol. The van der Waals surface area contributed by atoms with Gasteiger partial charge < -0.3 is 24.6 Å². The van der Waals surface area contributed by atoms with Crippen molar-refractivity contribution in [1.29, 1.82) is 0 Å². The van der Waals surface area contributed by atoms with E-state index in [-0.39, 0.29) is 28.8 Å². The molecule has 0 bridgehead atoms. The highest BCUT2D eigenvalue weighted by atomic mass is 19.1. The number of hydrogen-bond acceptors (Lipinski definition) is 6. The minimum absolute atomic E-state index is 0.0252. The van der Waals surface area contributed by atoms with Crippen molar-refractivity contribution < 1.29 is 33.3 Å². The Balaban J connectivity index is 1.63. The maximum atomic E-state index is 14.5. The van der Waals surface area contributed by atoms with Crippen LogP contribution in [-0.4, -0.2) is 43.3 Å². The van der Waals surface area contributed by atoms with E-state index in [1.165, 1.54) is 42.3 Å². The van der Waals surface area contributed by atoms with Crippen LogP contribution in [0.15, 0.2) is 60.7 Å².